The number of methoxy groups -OCH3 is 1. The Bertz CT molecular complexity index is 480. The van der Waals surface area contributed by atoms with Gasteiger partial charge in [0, 0.05) is 11.6 Å². The zero-order chi connectivity index (χ0) is 15.2. The summed E-state index contributed by atoms with van der Waals surface area (Å²) in [5.74, 6) is 1.41. The predicted octanol–water partition coefficient (Wildman–Crippen LogP) is 3.37. The Kier molecular flexibility index (Phi) is 5.48. The first-order valence-electron chi connectivity index (χ1n) is 7.88. The topological polar surface area (TPSA) is 64.3 Å². The molecule has 3 N–H and O–H groups in total. The normalized spacial score (nSPS) is 21.8. The fraction of sp³-hybridized carbons (Fsp3) is 0.588. The van der Waals surface area contributed by atoms with Crippen LogP contribution in [-0.4, -0.2) is 19.1 Å². The second kappa shape index (κ2) is 7.34. The maximum atomic E-state index is 12.3. The molecule has 4 nitrogen and oxygen atoms in total. The number of carbonyl (C=O) groups is 1. The van der Waals surface area contributed by atoms with E-state index in [-0.39, 0.29) is 5.91 Å². The van der Waals surface area contributed by atoms with E-state index in [4.69, 9.17) is 10.5 Å². The van der Waals surface area contributed by atoms with Gasteiger partial charge < -0.3 is 15.8 Å². The summed E-state index contributed by atoms with van der Waals surface area (Å²) in [7, 11) is 1.57. The van der Waals surface area contributed by atoms with E-state index in [2.05, 4.69) is 12.2 Å². The Morgan fingerprint density at radius 2 is 2.05 bits per heavy atom. The fourth-order valence-electron chi connectivity index (χ4n) is 3.15. The van der Waals surface area contributed by atoms with Crippen LogP contribution in [0.15, 0.2) is 18.2 Å². The molecule has 0 atom stereocenters. The molecule has 1 saturated carbocycles. The van der Waals surface area contributed by atoms with E-state index in [1.807, 2.05) is 0 Å². The molecule has 4 heteroatoms. The smallest absolute Gasteiger partial charge is 0.251 e. The van der Waals surface area contributed by atoms with E-state index in [1.54, 1.807) is 25.3 Å². The first-order chi connectivity index (χ1) is 10.1. The summed E-state index contributed by atoms with van der Waals surface area (Å²) in [5, 5.41) is 3.13. The van der Waals surface area contributed by atoms with E-state index in [0.29, 0.717) is 23.0 Å². The van der Waals surface area contributed by atoms with Crippen LogP contribution in [0.2, 0.25) is 0 Å². The largest absolute Gasteiger partial charge is 0.495 e. The van der Waals surface area contributed by atoms with Gasteiger partial charge in [0.15, 0.2) is 0 Å². The van der Waals surface area contributed by atoms with E-state index >= 15 is 0 Å². The second-order valence-electron chi connectivity index (χ2n) is 5.94. The lowest BCUT2D eigenvalue weighted by atomic mass is 9.83. The van der Waals surface area contributed by atoms with Gasteiger partial charge in [-0.15, -0.1) is 0 Å². The molecule has 1 aromatic carbocycles. The maximum absolute atomic E-state index is 12.3. The van der Waals surface area contributed by atoms with Crippen LogP contribution in [0, 0.1) is 5.92 Å². The van der Waals surface area contributed by atoms with Gasteiger partial charge in [0.1, 0.15) is 5.75 Å². The number of hydrogen-bond donors (Lipinski definition) is 2. The molecule has 0 bridgehead atoms. The van der Waals surface area contributed by atoms with E-state index in [0.717, 1.165) is 18.8 Å². The number of hydrogen-bond acceptors (Lipinski definition) is 3. The van der Waals surface area contributed by atoms with Crippen molar-refractivity contribution in [1.29, 1.82) is 0 Å². The lowest BCUT2D eigenvalue weighted by Gasteiger charge is -2.29. The monoisotopic (exact) mass is 290 g/mol. The van der Waals surface area contributed by atoms with Crippen molar-refractivity contribution in [2.45, 2.75) is 51.5 Å². The van der Waals surface area contributed by atoms with Gasteiger partial charge in [0.2, 0.25) is 0 Å². The Balaban J connectivity index is 1.89. The number of rotatable bonds is 5. The van der Waals surface area contributed by atoms with Crippen LogP contribution < -0.4 is 15.8 Å². The highest BCUT2D eigenvalue weighted by Crippen LogP contribution is 2.28. The van der Waals surface area contributed by atoms with Gasteiger partial charge in [-0.3, -0.25) is 4.79 Å². The predicted molar refractivity (Wildman–Crippen MR) is 85.5 cm³/mol. The first kappa shape index (κ1) is 15.7. The Morgan fingerprint density at radius 1 is 1.33 bits per heavy atom. The Hall–Kier alpha value is -1.71. The minimum Gasteiger partial charge on any atom is -0.495 e. The molecule has 0 radical (unpaired) electrons. The molecular weight excluding hydrogens is 264 g/mol. The Labute approximate surface area is 127 Å². The second-order valence-corrected chi connectivity index (χ2v) is 5.94. The highest BCUT2D eigenvalue weighted by molar-refractivity contribution is 5.95. The zero-order valence-corrected chi connectivity index (χ0v) is 13.0. The van der Waals surface area contributed by atoms with Crippen molar-refractivity contribution in [1.82, 2.24) is 5.32 Å². The number of ether oxygens (including phenoxy) is 1. The third-order valence-corrected chi connectivity index (χ3v) is 4.37. The molecule has 0 saturated heterocycles. The van der Waals surface area contributed by atoms with Gasteiger partial charge >= 0.3 is 0 Å². The number of nitrogens with two attached hydrogens (primary N) is 1. The van der Waals surface area contributed by atoms with Crippen molar-refractivity contribution in [3.63, 3.8) is 0 Å². The van der Waals surface area contributed by atoms with Crippen LogP contribution >= 0.6 is 0 Å². The average Bonchev–Trinajstić information content (AvgIpc) is 2.49. The lowest BCUT2D eigenvalue weighted by molar-refractivity contribution is 0.0921. The molecule has 0 heterocycles. The van der Waals surface area contributed by atoms with Gasteiger partial charge in [0.25, 0.3) is 5.91 Å². The van der Waals surface area contributed by atoms with Crippen LogP contribution in [0.25, 0.3) is 0 Å². The number of nitrogens with one attached hydrogen (secondary N) is 1. The summed E-state index contributed by atoms with van der Waals surface area (Å²) in [6.45, 7) is 2.24. The molecule has 2 rings (SSSR count). The zero-order valence-electron chi connectivity index (χ0n) is 13.0. The summed E-state index contributed by atoms with van der Waals surface area (Å²) in [4.78, 5) is 12.3. The summed E-state index contributed by atoms with van der Waals surface area (Å²) in [6, 6.07) is 5.47. The molecule has 1 aliphatic carbocycles. The van der Waals surface area contributed by atoms with Crippen molar-refractivity contribution in [3.05, 3.63) is 23.8 Å². The number of nitrogen functional groups attached to an aromatic ring is 1. The van der Waals surface area contributed by atoms with Gasteiger partial charge in [-0.1, -0.05) is 19.8 Å². The van der Waals surface area contributed by atoms with Crippen molar-refractivity contribution >= 4 is 11.6 Å². The third-order valence-electron chi connectivity index (χ3n) is 4.37. The maximum Gasteiger partial charge on any atom is 0.251 e. The van der Waals surface area contributed by atoms with Gasteiger partial charge in [-0.25, -0.2) is 0 Å². The molecule has 0 aliphatic heterocycles. The molecule has 1 amide bonds. The quantitative estimate of drug-likeness (QED) is 0.817. The molecule has 116 valence electrons. The molecule has 21 heavy (non-hydrogen) atoms. The number of amides is 1. The molecule has 0 spiro atoms. The number of anilines is 1. The molecule has 1 fully saturated rings. The van der Waals surface area contributed by atoms with Crippen LogP contribution in [0.4, 0.5) is 5.69 Å². The van der Waals surface area contributed by atoms with Gasteiger partial charge in [0.05, 0.1) is 12.8 Å². The molecule has 1 aromatic rings. The van der Waals surface area contributed by atoms with Crippen molar-refractivity contribution in [3.8, 4) is 5.75 Å². The average molecular weight is 290 g/mol. The number of carbonyl (C=O) groups excluding carboxylic acids is 1. The van der Waals surface area contributed by atoms with E-state index < -0.39 is 0 Å². The lowest BCUT2D eigenvalue weighted by Crippen LogP contribution is -2.37. The standard InChI is InChI=1S/C17H26N2O2/c1-3-4-12-5-8-14(9-6-12)19-17(20)13-7-10-16(21-2)15(18)11-13/h7,10-12,14H,3-6,8-9,18H2,1-2H3,(H,19,20). The van der Waals surface area contributed by atoms with Crippen LogP contribution in [0.5, 0.6) is 5.75 Å². The van der Waals surface area contributed by atoms with E-state index in [9.17, 15) is 4.79 Å². The van der Waals surface area contributed by atoms with Gasteiger partial charge in [-0.05, 0) is 49.8 Å². The summed E-state index contributed by atoms with van der Waals surface area (Å²) in [6.07, 6.45) is 7.19. The molecule has 0 aromatic heterocycles. The summed E-state index contributed by atoms with van der Waals surface area (Å²) < 4.78 is 5.11. The highest BCUT2D eigenvalue weighted by Gasteiger charge is 2.22. The van der Waals surface area contributed by atoms with Crippen molar-refractivity contribution in [2.24, 2.45) is 5.92 Å². The number of benzene rings is 1. The fourth-order valence-corrected chi connectivity index (χ4v) is 3.15. The van der Waals surface area contributed by atoms with Crippen LogP contribution in [0.1, 0.15) is 55.8 Å². The van der Waals surface area contributed by atoms with E-state index in [1.165, 1.54) is 25.7 Å². The highest BCUT2D eigenvalue weighted by atomic mass is 16.5. The SMILES string of the molecule is CCCC1CCC(NC(=O)c2ccc(OC)c(N)c2)CC1. The van der Waals surface area contributed by atoms with Crippen molar-refractivity contribution in [2.75, 3.05) is 12.8 Å². The first-order valence-corrected chi connectivity index (χ1v) is 7.88. The summed E-state index contributed by atoms with van der Waals surface area (Å²) in [5.41, 5.74) is 6.95. The van der Waals surface area contributed by atoms with Crippen molar-refractivity contribution < 1.29 is 9.53 Å². The molecular formula is C17H26N2O2. The van der Waals surface area contributed by atoms with Gasteiger partial charge in [-0.2, -0.15) is 0 Å². The Morgan fingerprint density at radius 3 is 2.62 bits per heavy atom. The van der Waals surface area contributed by atoms with Crippen LogP contribution in [0.3, 0.4) is 0 Å². The minimum absolute atomic E-state index is 0.0386. The third kappa shape index (κ3) is 4.13. The molecule has 1 aliphatic rings. The molecule has 0 unspecified atom stereocenters. The van der Waals surface area contributed by atoms with Crippen LogP contribution in [-0.2, 0) is 0 Å². The summed E-state index contributed by atoms with van der Waals surface area (Å²) >= 11 is 0. The minimum atomic E-state index is -0.0386.